The number of hydrogen-bond acceptors (Lipinski definition) is 2. The maximum absolute atomic E-state index is 11.2. The van der Waals surface area contributed by atoms with Crippen molar-refractivity contribution in [3.8, 4) is 0 Å². The Balaban J connectivity index is 1.66. The molecule has 2 rings (SSSR count). The van der Waals surface area contributed by atoms with Crippen LogP contribution >= 0.6 is 0 Å². The highest BCUT2D eigenvalue weighted by Gasteiger charge is 2.28. The van der Waals surface area contributed by atoms with Gasteiger partial charge < -0.3 is 9.88 Å². The number of amides is 1. The molecule has 0 spiro atoms. The topological polar surface area (TPSA) is 46.9 Å². The third-order valence-electron chi connectivity index (χ3n) is 2.18. The highest BCUT2D eigenvalue weighted by Crippen LogP contribution is 2.28. The van der Waals surface area contributed by atoms with Crippen LogP contribution in [0.1, 0.15) is 12.8 Å². The van der Waals surface area contributed by atoms with Crippen molar-refractivity contribution in [2.45, 2.75) is 19.4 Å². The van der Waals surface area contributed by atoms with Crippen LogP contribution in [0.25, 0.3) is 0 Å². The molecule has 70 valence electrons. The van der Waals surface area contributed by atoms with Gasteiger partial charge in [0.1, 0.15) is 0 Å². The van der Waals surface area contributed by atoms with Crippen molar-refractivity contribution in [1.29, 1.82) is 0 Å². The molecule has 0 aromatic carbocycles. The number of carbonyl (C=O) groups is 1. The number of imidazole rings is 1. The number of carbonyl (C=O) groups excluding carboxylic acids is 1. The normalized spacial score (nSPS) is 15.7. The average molecular weight is 179 g/mol. The maximum atomic E-state index is 11.2. The van der Waals surface area contributed by atoms with Gasteiger partial charge in [-0.2, -0.15) is 0 Å². The molecule has 1 aliphatic carbocycles. The second-order valence-electron chi connectivity index (χ2n) is 3.37. The van der Waals surface area contributed by atoms with Gasteiger partial charge in [0.05, 0.1) is 6.33 Å². The number of hydrogen-bond donors (Lipinski definition) is 1. The smallest absolute Gasteiger partial charge is 0.223 e. The van der Waals surface area contributed by atoms with E-state index in [9.17, 15) is 4.79 Å². The Morgan fingerprint density at radius 3 is 3.08 bits per heavy atom. The minimum absolute atomic E-state index is 0.208. The van der Waals surface area contributed by atoms with E-state index in [1.807, 2.05) is 10.8 Å². The first-order chi connectivity index (χ1) is 6.36. The van der Waals surface area contributed by atoms with E-state index in [1.54, 1.807) is 12.5 Å². The van der Waals surface area contributed by atoms with E-state index >= 15 is 0 Å². The standard InChI is InChI=1S/C9H13N3O/c13-9(8-1-2-8)11-4-6-12-5-3-10-7-12/h3,5,7-8H,1-2,4,6H2,(H,11,13). The van der Waals surface area contributed by atoms with Crippen LogP contribution in [0, 0.1) is 5.92 Å². The Kier molecular flexibility index (Phi) is 2.29. The zero-order valence-electron chi connectivity index (χ0n) is 7.44. The van der Waals surface area contributed by atoms with Crippen LogP contribution < -0.4 is 5.32 Å². The Morgan fingerprint density at radius 2 is 2.46 bits per heavy atom. The summed E-state index contributed by atoms with van der Waals surface area (Å²) < 4.78 is 1.95. The summed E-state index contributed by atoms with van der Waals surface area (Å²) in [5.74, 6) is 0.517. The van der Waals surface area contributed by atoms with Crippen LogP contribution in [0.3, 0.4) is 0 Å². The lowest BCUT2D eigenvalue weighted by atomic mass is 10.4. The molecule has 0 saturated heterocycles. The van der Waals surface area contributed by atoms with Crippen LogP contribution in [0.15, 0.2) is 18.7 Å². The molecule has 1 heterocycles. The minimum atomic E-state index is 0.208. The first kappa shape index (κ1) is 8.29. The molecular formula is C9H13N3O. The van der Waals surface area contributed by atoms with Crippen molar-refractivity contribution in [1.82, 2.24) is 14.9 Å². The SMILES string of the molecule is O=C(NCCn1ccnc1)C1CC1. The van der Waals surface area contributed by atoms with Crippen LogP contribution in [0.2, 0.25) is 0 Å². The average Bonchev–Trinajstić information content (AvgIpc) is 2.86. The largest absolute Gasteiger partial charge is 0.354 e. The van der Waals surface area contributed by atoms with E-state index in [2.05, 4.69) is 10.3 Å². The summed E-state index contributed by atoms with van der Waals surface area (Å²) in [5.41, 5.74) is 0. The number of rotatable bonds is 4. The zero-order chi connectivity index (χ0) is 9.10. The summed E-state index contributed by atoms with van der Waals surface area (Å²) >= 11 is 0. The molecule has 4 nitrogen and oxygen atoms in total. The van der Waals surface area contributed by atoms with E-state index in [-0.39, 0.29) is 5.91 Å². The highest BCUT2D eigenvalue weighted by atomic mass is 16.2. The molecule has 0 bridgehead atoms. The predicted octanol–water partition coefficient (Wildman–Crippen LogP) is 0.409. The van der Waals surface area contributed by atoms with E-state index in [1.165, 1.54) is 0 Å². The van der Waals surface area contributed by atoms with Crippen molar-refractivity contribution in [3.63, 3.8) is 0 Å². The summed E-state index contributed by atoms with van der Waals surface area (Å²) in [5, 5.41) is 2.90. The van der Waals surface area contributed by atoms with Gasteiger partial charge in [0.2, 0.25) is 5.91 Å². The zero-order valence-corrected chi connectivity index (χ0v) is 7.44. The summed E-state index contributed by atoms with van der Waals surface area (Å²) in [6, 6.07) is 0. The first-order valence-corrected chi connectivity index (χ1v) is 4.60. The second-order valence-corrected chi connectivity index (χ2v) is 3.37. The lowest BCUT2D eigenvalue weighted by Gasteiger charge is -2.03. The van der Waals surface area contributed by atoms with E-state index in [0.29, 0.717) is 12.5 Å². The second kappa shape index (κ2) is 3.60. The summed E-state index contributed by atoms with van der Waals surface area (Å²) in [6.07, 6.45) is 7.52. The van der Waals surface area contributed by atoms with Crippen LogP contribution in [0.5, 0.6) is 0 Å². The minimum Gasteiger partial charge on any atom is -0.354 e. The van der Waals surface area contributed by atoms with Gasteiger partial charge in [-0.3, -0.25) is 4.79 Å². The van der Waals surface area contributed by atoms with Crippen molar-refractivity contribution >= 4 is 5.91 Å². The molecule has 1 aromatic rings. The molecule has 4 heteroatoms. The third kappa shape index (κ3) is 2.31. The molecule has 1 N–H and O–H groups in total. The molecule has 1 aromatic heterocycles. The molecule has 1 saturated carbocycles. The fourth-order valence-corrected chi connectivity index (χ4v) is 1.22. The molecule has 0 unspecified atom stereocenters. The number of nitrogens with one attached hydrogen (secondary N) is 1. The van der Waals surface area contributed by atoms with Crippen molar-refractivity contribution in [3.05, 3.63) is 18.7 Å². The van der Waals surface area contributed by atoms with E-state index in [0.717, 1.165) is 19.4 Å². The van der Waals surface area contributed by atoms with Gasteiger partial charge in [0.25, 0.3) is 0 Å². The number of aromatic nitrogens is 2. The summed E-state index contributed by atoms with van der Waals surface area (Å²) in [7, 11) is 0. The Hall–Kier alpha value is -1.32. The highest BCUT2D eigenvalue weighted by molar-refractivity contribution is 5.80. The molecule has 13 heavy (non-hydrogen) atoms. The molecule has 0 radical (unpaired) electrons. The fraction of sp³-hybridized carbons (Fsp3) is 0.556. The molecule has 0 aliphatic heterocycles. The lowest BCUT2D eigenvalue weighted by molar-refractivity contribution is -0.122. The maximum Gasteiger partial charge on any atom is 0.223 e. The van der Waals surface area contributed by atoms with Crippen molar-refractivity contribution in [2.24, 2.45) is 5.92 Å². The van der Waals surface area contributed by atoms with Crippen LogP contribution in [0.4, 0.5) is 0 Å². The molecule has 1 aliphatic rings. The molecule has 0 atom stereocenters. The fourth-order valence-electron chi connectivity index (χ4n) is 1.22. The first-order valence-electron chi connectivity index (χ1n) is 4.60. The Morgan fingerprint density at radius 1 is 1.62 bits per heavy atom. The Labute approximate surface area is 77.0 Å². The van der Waals surface area contributed by atoms with E-state index in [4.69, 9.17) is 0 Å². The van der Waals surface area contributed by atoms with Gasteiger partial charge in [-0.05, 0) is 12.8 Å². The summed E-state index contributed by atoms with van der Waals surface area (Å²) in [4.78, 5) is 15.1. The van der Waals surface area contributed by atoms with Crippen molar-refractivity contribution < 1.29 is 4.79 Å². The Bertz CT molecular complexity index is 277. The van der Waals surface area contributed by atoms with Gasteiger partial charge in [-0.1, -0.05) is 0 Å². The quantitative estimate of drug-likeness (QED) is 0.727. The van der Waals surface area contributed by atoms with Crippen LogP contribution in [-0.2, 0) is 11.3 Å². The molecule has 1 amide bonds. The molecule has 1 fully saturated rings. The monoisotopic (exact) mass is 179 g/mol. The van der Waals surface area contributed by atoms with Gasteiger partial charge >= 0.3 is 0 Å². The van der Waals surface area contributed by atoms with Gasteiger partial charge in [-0.15, -0.1) is 0 Å². The third-order valence-corrected chi connectivity index (χ3v) is 2.18. The van der Waals surface area contributed by atoms with Gasteiger partial charge in [0, 0.05) is 31.4 Å². The van der Waals surface area contributed by atoms with Crippen LogP contribution in [-0.4, -0.2) is 22.0 Å². The van der Waals surface area contributed by atoms with Crippen molar-refractivity contribution in [2.75, 3.05) is 6.54 Å². The predicted molar refractivity (Wildman–Crippen MR) is 48.0 cm³/mol. The number of nitrogens with zero attached hydrogens (tertiary/aromatic N) is 2. The van der Waals surface area contributed by atoms with E-state index < -0.39 is 0 Å². The lowest BCUT2D eigenvalue weighted by Crippen LogP contribution is -2.28. The molecular weight excluding hydrogens is 166 g/mol. The van der Waals surface area contributed by atoms with Gasteiger partial charge in [-0.25, -0.2) is 4.98 Å². The van der Waals surface area contributed by atoms with Gasteiger partial charge in [0.15, 0.2) is 0 Å². The summed E-state index contributed by atoms with van der Waals surface area (Å²) in [6.45, 7) is 1.50.